The molecule has 0 spiro atoms. The van der Waals surface area contributed by atoms with Crippen molar-refractivity contribution in [2.24, 2.45) is 0 Å². The summed E-state index contributed by atoms with van der Waals surface area (Å²) in [5.41, 5.74) is 1.06. The minimum absolute atomic E-state index is 0.144. The zero-order chi connectivity index (χ0) is 25.1. The molecule has 0 unspecified atom stereocenters. The molecule has 1 fully saturated rings. The highest BCUT2D eigenvalue weighted by Gasteiger charge is 2.30. The molecule has 0 aliphatic carbocycles. The Kier molecular flexibility index (Phi) is 6.69. The fourth-order valence-electron chi connectivity index (χ4n) is 4.35. The maximum absolute atomic E-state index is 13.0. The lowest BCUT2D eigenvalue weighted by atomic mass is 10.1. The van der Waals surface area contributed by atoms with Gasteiger partial charge in [0.25, 0.3) is 5.91 Å². The Balaban J connectivity index is 1.17. The van der Waals surface area contributed by atoms with Gasteiger partial charge in [0.2, 0.25) is 6.79 Å². The van der Waals surface area contributed by atoms with Crippen molar-refractivity contribution in [1.29, 1.82) is 0 Å². The standard InChI is InChI=1S/C26H25F3N4O3/c27-26(28,29)20-4-1-3-18(13-20)16-32-9-2-10-33(12-11-32)24-8-6-21(15-30-24)31-25(34)19-5-7-22-23(14-19)36-17-35-22/h1,3-8,13-15H,2,9-12,16-17H2,(H,31,34). The van der Waals surface area contributed by atoms with E-state index in [9.17, 15) is 18.0 Å². The number of aromatic nitrogens is 1. The highest BCUT2D eigenvalue weighted by Crippen LogP contribution is 2.33. The van der Waals surface area contributed by atoms with Gasteiger partial charge in [-0.25, -0.2) is 4.98 Å². The highest BCUT2D eigenvalue weighted by atomic mass is 19.4. The van der Waals surface area contributed by atoms with Gasteiger partial charge in [0, 0.05) is 38.3 Å². The van der Waals surface area contributed by atoms with E-state index >= 15 is 0 Å². The first-order valence-corrected chi connectivity index (χ1v) is 11.7. The van der Waals surface area contributed by atoms with Crippen LogP contribution in [0.4, 0.5) is 24.7 Å². The fraction of sp³-hybridized carbons (Fsp3) is 0.308. The molecule has 2 aliphatic heterocycles. The van der Waals surface area contributed by atoms with Gasteiger partial charge in [-0.15, -0.1) is 0 Å². The molecule has 10 heteroatoms. The van der Waals surface area contributed by atoms with Gasteiger partial charge in [-0.1, -0.05) is 18.2 Å². The minimum atomic E-state index is -4.34. The van der Waals surface area contributed by atoms with E-state index in [1.807, 2.05) is 6.07 Å². The average Bonchev–Trinajstić information content (AvgIpc) is 3.22. The number of benzene rings is 2. The second-order valence-corrected chi connectivity index (χ2v) is 8.74. The molecule has 5 rings (SSSR count). The third-order valence-electron chi connectivity index (χ3n) is 6.21. The van der Waals surface area contributed by atoms with Crippen LogP contribution in [0, 0.1) is 0 Å². The van der Waals surface area contributed by atoms with Crippen molar-refractivity contribution in [3.8, 4) is 11.5 Å². The van der Waals surface area contributed by atoms with E-state index in [0.717, 1.165) is 31.4 Å². The van der Waals surface area contributed by atoms with E-state index in [0.29, 0.717) is 47.9 Å². The van der Waals surface area contributed by atoms with Crippen molar-refractivity contribution in [1.82, 2.24) is 9.88 Å². The zero-order valence-electron chi connectivity index (χ0n) is 19.4. The van der Waals surface area contributed by atoms with Gasteiger partial charge in [0.15, 0.2) is 11.5 Å². The van der Waals surface area contributed by atoms with Crippen LogP contribution in [0.5, 0.6) is 11.5 Å². The number of anilines is 2. The lowest BCUT2D eigenvalue weighted by Crippen LogP contribution is -2.31. The van der Waals surface area contributed by atoms with Crippen LogP contribution in [-0.4, -0.2) is 48.8 Å². The predicted molar refractivity (Wildman–Crippen MR) is 128 cm³/mol. The number of halogens is 3. The Morgan fingerprint density at radius 1 is 0.972 bits per heavy atom. The third-order valence-corrected chi connectivity index (χ3v) is 6.21. The Labute approximate surface area is 206 Å². The van der Waals surface area contributed by atoms with Gasteiger partial charge in [-0.3, -0.25) is 9.69 Å². The minimum Gasteiger partial charge on any atom is -0.454 e. The quantitative estimate of drug-likeness (QED) is 0.546. The van der Waals surface area contributed by atoms with Gasteiger partial charge in [-0.05, 0) is 48.4 Å². The molecule has 2 aromatic carbocycles. The summed E-state index contributed by atoms with van der Waals surface area (Å²) in [5, 5.41) is 2.84. The molecule has 188 valence electrons. The van der Waals surface area contributed by atoms with E-state index in [4.69, 9.17) is 9.47 Å². The molecule has 2 aliphatic rings. The molecule has 1 N–H and O–H groups in total. The zero-order valence-corrected chi connectivity index (χ0v) is 19.4. The summed E-state index contributed by atoms with van der Waals surface area (Å²) in [7, 11) is 0. The van der Waals surface area contributed by atoms with E-state index in [1.54, 1.807) is 36.5 Å². The SMILES string of the molecule is O=C(Nc1ccc(N2CCCN(Cc3cccc(C(F)(F)F)c3)CC2)nc1)c1ccc2c(c1)OCO2. The van der Waals surface area contributed by atoms with Gasteiger partial charge in [0.05, 0.1) is 17.4 Å². The first kappa shape index (κ1) is 23.9. The van der Waals surface area contributed by atoms with Crippen molar-refractivity contribution < 1.29 is 27.4 Å². The fourth-order valence-corrected chi connectivity index (χ4v) is 4.35. The van der Waals surface area contributed by atoms with Crippen LogP contribution in [0.2, 0.25) is 0 Å². The van der Waals surface area contributed by atoms with Gasteiger partial charge < -0.3 is 19.7 Å². The number of hydrogen-bond acceptors (Lipinski definition) is 6. The largest absolute Gasteiger partial charge is 0.454 e. The molecule has 3 heterocycles. The van der Waals surface area contributed by atoms with Crippen LogP contribution < -0.4 is 19.7 Å². The van der Waals surface area contributed by atoms with Crippen molar-refractivity contribution >= 4 is 17.4 Å². The Bertz CT molecular complexity index is 1230. The molecule has 0 bridgehead atoms. The summed E-state index contributed by atoms with van der Waals surface area (Å²) >= 11 is 0. The first-order valence-electron chi connectivity index (χ1n) is 11.7. The second-order valence-electron chi connectivity index (χ2n) is 8.74. The number of rotatable bonds is 5. The van der Waals surface area contributed by atoms with E-state index in [1.165, 1.54) is 12.1 Å². The maximum Gasteiger partial charge on any atom is 0.416 e. The average molecular weight is 499 g/mol. The normalized spacial score (nSPS) is 16.0. The number of carbonyl (C=O) groups is 1. The molecule has 0 atom stereocenters. The number of amides is 1. The van der Waals surface area contributed by atoms with Crippen LogP contribution in [0.25, 0.3) is 0 Å². The van der Waals surface area contributed by atoms with Crippen molar-refractivity contribution in [2.75, 3.05) is 43.2 Å². The van der Waals surface area contributed by atoms with E-state index < -0.39 is 11.7 Å². The Hall–Kier alpha value is -3.79. The van der Waals surface area contributed by atoms with Gasteiger partial charge >= 0.3 is 6.18 Å². The molecule has 0 saturated carbocycles. The molecule has 36 heavy (non-hydrogen) atoms. The number of alkyl halides is 3. The first-order chi connectivity index (χ1) is 17.3. The lowest BCUT2D eigenvalue weighted by Gasteiger charge is -2.23. The molecule has 7 nitrogen and oxygen atoms in total. The van der Waals surface area contributed by atoms with Crippen molar-refractivity contribution in [3.05, 3.63) is 77.5 Å². The summed E-state index contributed by atoms with van der Waals surface area (Å²) in [4.78, 5) is 21.4. The third kappa shape index (κ3) is 5.54. The van der Waals surface area contributed by atoms with Crippen LogP contribution in [0.3, 0.4) is 0 Å². The van der Waals surface area contributed by atoms with Gasteiger partial charge in [0.1, 0.15) is 5.82 Å². The lowest BCUT2D eigenvalue weighted by molar-refractivity contribution is -0.137. The number of carbonyl (C=O) groups excluding carboxylic acids is 1. The monoisotopic (exact) mass is 498 g/mol. The predicted octanol–water partition coefficient (Wildman–Crippen LogP) is 4.79. The van der Waals surface area contributed by atoms with E-state index in [-0.39, 0.29) is 12.7 Å². The molecule has 1 aromatic heterocycles. The smallest absolute Gasteiger partial charge is 0.416 e. The molecule has 0 radical (unpaired) electrons. The van der Waals surface area contributed by atoms with Crippen molar-refractivity contribution in [2.45, 2.75) is 19.1 Å². The summed E-state index contributed by atoms with van der Waals surface area (Å²) < 4.78 is 49.7. The van der Waals surface area contributed by atoms with Crippen LogP contribution in [-0.2, 0) is 12.7 Å². The molecule has 3 aromatic rings. The number of nitrogens with zero attached hydrogens (tertiary/aromatic N) is 3. The summed E-state index contributed by atoms with van der Waals surface area (Å²) in [5.74, 6) is 1.67. The van der Waals surface area contributed by atoms with E-state index in [2.05, 4.69) is 20.1 Å². The highest BCUT2D eigenvalue weighted by molar-refractivity contribution is 6.04. The molecular formula is C26H25F3N4O3. The molecule has 1 saturated heterocycles. The number of fused-ring (bicyclic) bond motifs is 1. The van der Waals surface area contributed by atoms with Crippen molar-refractivity contribution in [3.63, 3.8) is 0 Å². The summed E-state index contributed by atoms with van der Waals surface area (Å²) in [6, 6.07) is 14.2. The van der Waals surface area contributed by atoms with Gasteiger partial charge in [-0.2, -0.15) is 13.2 Å². The number of nitrogens with one attached hydrogen (secondary N) is 1. The maximum atomic E-state index is 13.0. The number of ether oxygens (including phenoxy) is 2. The number of hydrogen-bond donors (Lipinski definition) is 1. The second kappa shape index (κ2) is 10.1. The van der Waals surface area contributed by atoms with Crippen LogP contribution in [0.15, 0.2) is 60.8 Å². The Morgan fingerprint density at radius 3 is 2.64 bits per heavy atom. The summed E-state index contributed by atoms with van der Waals surface area (Å²) in [6.45, 7) is 3.60. The Morgan fingerprint density at radius 2 is 1.83 bits per heavy atom. The van der Waals surface area contributed by atoms with Crippen LogP contribution >= 0.6 is 0 Å². The molecular weight excluding hydrogens is 473 g/mol. The topological polar surface area (TPSA) is 66.9 Å². The number of pyridine rings is 1. The molecule has 1 amide bonds. The van der Waals surface area contributed by atoms with Crippen LogP contribution in [0.1, 0.15) is 27.9 Å². The summed E-state index contributed by atoms with van der Waals surface area (Å²) in [6.07, 6.45) is -1.86.